The Morgan fingerprint density at radius 1 is 1.50 bits per heavy atom. The highest BCUT2D eigenvalue weighted by molar-refractivity contribution is 9.10. The average molecular weight is 312 g/mol. The van der Waals surface area contributed by atoms with Crippen LogP contribution in [0.15, 0.2) is 41.1 Å². The van der Waals surface area contributed by atoms with E-state index in [1.807, 2.05) is 19.2 Å². The smallest absolute Gasteiger partial charge is 0.123 e. The predicted octanol–water partition coefficient (Wildman–Crippen LogP) is 3.11. The zero-order valence-electron chi connectivity index (χ0n) is 10.1. The van der Waals surface area contributed by atoms with Gasteiger partial charge in [-0.25, -0.2) is 4.39 Å². The standard InChI is InChI=1S/C13H15BrFN3/c1-2-12(16)13(18-8-10(14)7-17-18)9-4-3-5-11(15)6-9/h3-8,12-13H,2,16H2,1H3. The van der Waals surface area contributed by atoms with Crippen molar-refractivity contribution in [1.29, 1.82) is 0 Å². The molecule has 96 valence electrons. The van der Waals surface area contributed by atoms with E-state index in [0.29, 0.717) is 0 Å². The van der Waals surface area contributed by atoms with Gasteiger partial charge in [-0.3, -0.25) is 4.68 Å². The van der Waals surface area contributed by atoms with Crippen molar-refractivity contribution < 1.29 is 4.39 Å². The van der Waals surface area contributed by atoms with E-state index in [-0.39, 0.29) is 17.9 Å². The highest BCUT2D eigenvalue weighted by atomic mass is 79.9. The second kappa shape index (κ2) is 5.63. The third-order valence-electron chi connectivity index (χ3n) is 2.92. The number of benzene rings is 1. The molecule has 0 aliphatic heterocycles. The number of hydrogen-bond acceptors (Lipinski definition) is 2. The molecule has 5 heteroatoms. The molecule has 18 heavy (non-hydrogen) atoms. The zero-order valence-corrected chi connectivity index (χ0v) is 11.6. The second-order valence-corrected chi connectivity index (χ2v) is 5.13. The molecule has 1 aromatic carbocycles. The minimum atomic E-state index is -0.257. The van der Waals surface area contributed by atoms with Crippen molar-refractivity contribution >= 4 is 15.9 Å². The summed E-state index contributed by atoms with van der Waals surface area (Å²) in [5.41, 5.74) is 6.98. The highest BCUT2D eigenvalue weighted by Crippen LogP contribution is 2.24. The van der Waals surface area contributed by atoms with Crippen LogP contribution in [0, 0.1) is 5.82 Å². The first-order valence-electron chi connectivity index (χ1n) is 5.82. The van der Waals surface area contributed by atoms with E-state index in [1.165, 1.54) is 12.1 Å². The van der Waals surface area contributed by atoms with E-state index in [0.717, 1.165) is 16.5 Å². The van der Waals surface area contributed by atoms with Gasteiger partial charge in [0.25, 0.3) is 0 Å². The molecule has 0 saturated heterocycles. The molecule has 0 fully saturated rings. The van der Waals surface area contributed by atoms with Gasteiger partial charge >= 0.3 is 0 Å². The van der Waals surface area contributed by atoms with Crippen LogP contribution in [0.4, 0.5) is 4.39 Å². The van der Waals surface area contributed by atoms with E-state index in [4.69, 9.17) is 5.73 Å². The van der Waals surface area contributed by atoms with Crippen molar-refractivity contribution in [3.63, 3.8) is 0 Å². The summed E-state index contributed by atoms with van der Waals surface area (Å²) in [6.07, 6.45) is 4.35. The maximum absolute atomic E-state index is 13.3. The summed E-state index contributed by atoms with van der Waals surface area (Å²) in [7, 11) is 0. The molecule has 0 spiro atoms. The van der Waals surface area contributed by atoms with Crippen LogP contribution in [0.5, 0.6) is 0 Å². The largest absolute Gasteiger partial charge is 0.326 e. The van der Waals surface area contributed by atoms with Crippen molar-refractivity contribution in [3.05, 3.63) is 52.5 Å². The van der Waals surface area contributed by atoms with Gasteiger partial charge in [0.15, 0.2) is 0 Å². The quantitative estimate of drug-likeness (QED) is 0.943. The Balaban J connectivity index is 2.43. The van der Waals surface area contributed by atoms with Crippen LogP contribution in [0.1, 0.15) is 24.9 Å². The van der Waals surface area contributed by atoms with Gasteiger partial charge in [0.1, 0.15) is 5.82 Å². The summed E-state index contributed by atoms with van der Waals surface area (Å²) in [6, 6.07) is 6.24. The van der Waals surface area contributed by atoms with Crippen molar-refractivity contribution in [3.8, 4) is 0 Å². The maximum Gasteiger partial charge on any atom is 0.123 e. The molecule has 2 rings (SSSR count). The minimum Gasteiger partial charge on any atom is -0.326 e. The summed E-state index contributed by atoms with van der Waals surface area (Å²) >= 11 is 3.36. The Morgan fingerprint density at radius 3 is 2.83 bits per heavy atom. The van der Waals surface area contributed by atoms with Gasteiger partial charge in [-0.15, -0.1) is 0 Å². The average Bonchev–Trinajstić information content (AvgIpc) is 2.76. The molecule has 3 nitrogen and oxygen atoms in total. The number of halogens is 2. The number of aromatic nitrogens is 2. The summed E-state index contributed by atoms with van der Waals surface area (Å²) < 4.78 is 16.0. The first-order valence-corrected chi connectivity index (χ1v) is 6.61. The number of rotatable bonds is 4. The van der Waals surface area contributed by atoms with E-state index in [9.17, 15) is 4.39 Å². The first kappa shape index (κ1) is 13.2. The van der Waals surface area contributed by atoms with Crippen LogP contribution < -0.4 is 5.73 Å². The molecule has 2 N–H and O–H groups in total. The van der Waals surface area contributed by atoms with Crippen molar-refractivity contribution in [2.45, 2.75) is 25.4 Å². The molecule has 1 aromatic heterocycles. The van der Waals surface area contributed by atoms with E-state index >= 15 is 0 Å². The Bertz CT molecular complexity index is 526. The van der Waals surface area contributed by atoms with Gasteiger partial charge in [0, 0.05) is 12.2 Å². The van der Waals surface area contributed by atoms with Gasteiger partial charge in [0.05, 0.1) is 16.7 Å². The molecule has 0 aliphatic rings. The highest BCUT2D eigenvalue weighted by Gasteiger charge is 2.21. The van der Waals surface area contributed by atoms with Crippen LogP contribution >= 0.6 is 15.9 Å². The number of nitrogens with two attached hydrogens (primary N) is 1. The van der Waals surface area contributed by atoms with E-state index < -0.39 is 0 Å². The molecule has 0 amide bonds. The topological polar surface area (TPSA) is 43.8 Å². The van der Waals surface area contributed by atoms with Crippen LogP contribution in [0.25, 0.3) is 0 Å². The fourth-order valence-corrected chi connectivity index (χ4v) is 2.28. The molecule has 0 saturated carbocycles. The molecule has 0 bridgehead atoms. The summed E-state index contributed by atoms with van der Waals surface area (Å²) in [6.45, 7) is 2.01. The van der Waals surface area contributed by atoms with Crippen molar-refractivity contribution in [1.82, 2.24) is 9.78 Å². The van der Waals surface area contributed by atoms with E-state index in [1.54, 1.807) is 16.9 Å². The van der Waals surface area contributed by atoms with Gasteiger partial charge < -0.3 is 5.73 Å². The van der Waals surface area contributed by atoms with Crippen LogP contribution in [0.3, 0.4) is 0 Å². The molecule has 1 heterocycles. The molecule has 0 radical (unpaired) electrons. The zero-order chi connectivity index (χ0) is 13.1. The summed E-state index contributed by atoms with van der Waals surface area (Å²) in [4.78, 5) is 0. The molecular formula is C13H15BrFN3. The Labute approximate surface area is 114 Å². The Hall–Kier alpha value is -1.20. The Morgan fingerprint density at radius 2 is 2.28 bits per heavy atom. The minimum absolute atomic E-state index is 0.112. The monoisotopic (exact) mass is 311 g/mol. The molecule has 2 aromatic rings. The third-order valence-corrected chi connectivity index (χ3v) is 3.33. The van der Waals surface area contributed by atoms with Crippen molar-refractivity contribution in [2.24, 2.45) is 5.73 Å². The second-order valence-electron chi connectivity index (χ2n) is 4.21. The molecule has 2 atom stereocenters. The van der Waals surface area contributed by atoms with Crippen LogP contribution in [-0.2, 0) is 0 Å². The first-order chi connectivity index (χ1) is 8.61. The normalized spacial score (nSPS) is 14.4. The number of nitrogens with zero attached hydrogens (tertiary/aromatic N) is 2. The fourth-order valence-electron chi connectivity index (χ4n) is 1.98. The van der Waals surface area contributed by atoms with Gasteiger partial charge in [-0.2, -0.15) is 5.10 Å². The predicted molar refractivity (Wildman–Crippen MR) is 72.7 cm³/mol. The van der Waals surface area contributed by atoms with Crippen molar-refractivity contribution in [2.75, 3.05) is 0 Å². The molecule has 0 aliphatic carbocycles. The van der Waals surface area contributed by atoms with E-state index in [2.05, 4.69) is 21.0 Å². The SMILES string of the molecule is CCC(N)C(c1cccc(F)c1)n1cc(Br)cn1. The van der Waals surface area contributed by atoms with Gasteiger partial charge in [0.2, 0.25) is 0 Å². The van der Waals surface area contributed by atoms with Gasteiger partial charge in [-0.05, 0) is 40.0 Å². The number of hydrogen-bond donors (Lipinski definition) is 1. The van der Waals surface area contributed by atoms with Gasteiger partial charge in [-0.1, -0.05) is 19.1 Å². The van der Waals surface area contributed by atoms with Crippen LogP contribution in [-0.4, -0.2) is 15.8 Å². The molecular weight excluding hydrogens is 297 g/mol. The van der Waals surface area contributed by atoms with Crippen LogP contribution in [0.2, 0.25) is 0 Å². The summed E-state index contributed by atoms with van der Waals surface area (Å²) in [5.74, 6) is -0.257. The lowest BCUT2D eigenvalue weighted by Crippen LogP contribution is -2.32. The lowest BCUT2D eigenvalue weighted by Gasteiger charge is -2.23. The summed E-state index contributed by atoms with van der Waals surface area (Å²) in [5, 5.41) is 4.26. The maximum atomic E-state index is 13.3. The third kappa shape index (κ3) is 2.79. The molecule has 2 unspecified atom stereocenters. The lowest BCUT2D eigenvalue weighted by atomic mass is 9.98. The lowest BCUT2D eigenvalue weighted by molar-refractivity contribution is 0.422. The fraction of sp³-hybridized carbons (Fsp3) is 0.308. The Kier molecular flexibility index (Phi) is 4.14.